The molecule has 0 fully saturated rings. The van der Waals surface area contributed by atoms with Crippen LogP contribution in [0.3, 0.4) is 0 Å². The maximum Gasteiger partial charge on any atom is 0.132 e. The van der Waals surface area contributed by atoms with E-state index in [0.717, 1.165) is 38.0 Å². The van der Waals surface area contributed by atoms with Crippen molar-refractivity contribution in [1.82, 2.24) is 0 Å². The Morgan fingerprint density at radius 1 is 1.25 bits per heavy atom. The maximum atomic E-state index is 11.2. The molecule has 0 saturated heterocycles. The van der Waals surface area contributed by atoms with Crippen LogP contribution in [0.15, 0.2) is 0 Å². The molecule has 1 atom stereocenters. The largest absolute Gasteiger partial charge is 0.300 e. The highest BCUT2D eigenvalue weighted by Crippen LogP contribution is 2.11. The standard InChI is InChI=1S/C11H22O/c1-4-6-7-11(12)9-8-10(3)5-2/h10H,4-9H2,1-3H3/t10-/m1/s1. The van der Waals surface area contributed by atoms with E-state index in [9.17, 15) is 4.79 Å². The Balaban J connectivity index is 3.31. The van der Waals surface area contributed by atoms with Crippen molar-refractivity contribution in [3.63, 3.8) is 0 Å². The molecule has 0 N–H and O–H groups in total. The van der Waals surface area contributed by atoms with Crippen LogP contribution in [0.1, 0.15) is 59.3 Å². The second-order valence-electron chi connectivity index (χ2n) is 3.69. The van der Waals surface area contributed by atoms with E-state index in [1.165, 1.54) is 6.42 Å². The lowest BCUT2D eigenvalue weighted by atomic mass is 9.99. The zero-order valence-electron chi connectivity index (χ0n) is 8.73. The van der Waals surface area contributed by atoms with Gasteiger partial charge in [-0.25, -0.2) is 0 Å². The summed E-state index contributed by atoms with van der Waals surface area (Å²) in [6, 6.07) is 0. The molecular formula is C11H22O. The van der Waals surface area contributed by atoms with Gasteiger partial charge in [0.1, 0.15) is 5.78 Å². The first kappa shape index (κ1) is 11.7. The zero-order valence-corrected chi connectivity index (χ0v) is 8.73. The molecule has 0 bridgehead atoms. The first-order valence-corrected chi connectivity index (χ1v) is 5.22. The van der Waals surface area contributed by atoms with E-state index in [1.807, 2.05) is 0 Å². The topological polar surface area (TPSA) is 17.1 Å². The molecule has 0 amide bonds. The third-order valence-corrected chi connectivity index (χ3v) is 2.42. The highest BCUT2D eigenvalue weighted by molar-refractivity contribution is 5.78. The van der Waals surface area contributed by atoms with E-state index < -0.39 is 0 Å². The number of hydrogen-bond acceptors (Lipinski definition) is 1. The van der Waals surface area contributed by atoms with Crippen LogP contribution in [0.25, 0.3) is 0 Å². The second-order valence-corrected chi connectivity index (χ2v) is 3.69. The van der Waals surface area contributed by atoms with Gasteiger partial charge in [0.05, 0.1) is 0 Å². The molecule has 0 spiro atoms. The Kier molecular flexibility index (Phi) is 7.12. The van der Waals surface area contributed by atoms with Crippen LogP contribution < -0.4 is 0 Å². The van der Waals surface area contributed by atoms with E-state index in [1.54, 1.807) is 0 Å². The summed E-state index contributed by atoms with van der Waals surface area (Å²) in [6.45, 7) is 6.52. The van der Waals surface area contributed by atoms with Gasteiger partial charge in [0.2, 0.25) is 0 Å². The van der Waals surface area contributed by atoms with Crippen molar-refractivity contribution in [2.75, 3.05) is 0 Å². The van der Waals surface area contributed by atoms with E-state index in [0.29, 0.717) is 5.78 Å². The van der Waals surface area contributed by atoms with Crippen molar-refractivity contribution in [1.29, 1.82) is 0 Å². The van der Waals surface area contributed by atoms with Gasteiger partial charge in [-0.3, -0.25) is 4.79 Å². The molecule has 0 heterocycles. The lowest BCUT2D eigenvalue weighted by Crippen LogP contribution is -2.01. The van der Waals surface area contributed by atoms with Gasteiger partial charge in [-0.15, -0.1) is 0 Å². The number of rotatable bonds is 7. The van der Waals surface area contributed by atoms with Gasteiger partial charge in [0, 0.05) is 12.8 Å². The van der Waals surface area contributed by atoms with Crippen molar-refractivity contribution < 1.29 is 4.79 Å². The fourth-order valence-electron chi connectivity index (χ4n) is 1.11. The van der Waals surface area contributed by atoms with E-state index >= 15 is 0 Å². The van der Waals surface area contributed by atoms with Crippen molar-refractivity contribution in [3.05, 3.63) is 0 Å². The molecule has 1 heteroatoms. The molecule has 0 aromatic rings. The monoisotopic (exact) mass is 170 g/mol. The molecule has 12 heavy (non-hydrogen) atoms. The third kappa shape index (κ3) is 6.38. The van der Waals surface area contributed by atoms with Crippen LogP contribution in [0.2, 0.25) is 0 Å². The zero-order chi connectivity index (χ0) is 9.40. The van der Waals surface area contributed by atoms with Crippen LogP contribution in [0.5, 0.6) is 0 Å². The predicted molar refractivity (Wildman–Crippen MR) is 53.2 cm³/mol. The van der Waals surface area contributed by atoms with Gasteiger partial charge in [-0.1, -0.05) is 33.6 Å². The molecular weight excluding hydrogens is 148 g/mol. The summed E-state index contributed by atoms with van der Waals surface area (Å²) >= 11 is 0. The van der Waals surface area contributed by atoms with Crippen molar-refractivity contribution in [3.8, 4) is 0 Å². The Hall–Kier alpha value is -0.330. The van der Waals surface area contributed by atoms with Gasteiger partial charge < -0.3 is 0 Å². The van der Waals surface area contributed by atoms with Gasteiger partial charge in [-0.2, -0.15) is 0 Å². The lowest BCUT2D eigenvalue weighted by molar-refractivity contribution is -0.119. The Morgan fingerprint density at radius 3 is 2.42 bits per heavy atom. The average molecular weight is 170 g/mol. The molecule has 1 nitrogen and oxygen atoms in total. The van der Waals surface area contributed by atoms with Gasteiger partial charge in [0.15, 0.2) is 0 Å². The van der Waals surface area contributed by atoms with E-state index in [4.69, 9.17) is 0 Å². The molecule has 72 valence electrons. The summed E-state index contributed by atoms with van der Waals surface area (Å²) in [5.74, 6) is 1.17. The van der Waals surface area contributed by atoms with Gasteiger partial charge >= 0.3 is 0 Å². The minimum absolute atomic E-state index is 0.456. The number of carbonyl (C=O) groups excluding carboxylic acids is 1. The predicted octanol–water partition coefficient (Wildman–Crippen LogP) is 3.57. The Bertz CT molecular complexity index is 118. The quantitative estimate of drug-likeness (QED) is 0.571. The molecule has 0 aliphatic carbocycles. The second kappa shape index (κ2) is 7.33. The summed E-state index contributed by atoms with van der Waals surface area (Å²) < 4.78 is 0. The molecule has 0 aliphatic rings. The summed E-state index contributed by atoms with van der Waals surface area (Å²) in [5, 5.41) is 0. The minimum atomic E-state index is 0.456. The van der Waals surface area contributed by atoms with Crippen molar-refractivity contribution in [2.45, 2.75) is 59.3 Å². The lowest BCUT2D eigenvalue weighted by Gasteiger charge is -2.06. The summed E-state index contributed by atoms with van der Waals surface area (Å²) in [4.78, 5) is 11.2. The highest BCUT2D eigenvalue weighted by atomic mass is 16.1. The van der Waals surface area contributed by atoms with Crippen LogP contribution in [0, 0.1) is 5.92 Å². The first-order chi connectivity index (χ1) is 5.70. The fraction of sp³-hybridized carbons (Fsp3) is 0.909. The molecule has 0 radical (unpaired) electrons. The number of hydrogen-bond donors (Lipinski definition) is 0. The highest BCUT2D eigenvalue weighted by Gasteiger charge is 2.04. The normalized spacial score (nSPS) is 12.9. The van der Waals surface area contributed by atoms with Gasteiger partial charge in [-0.05, 0) is 18.8 Å². The third-order valence-electron chi connectivity index (χ3n) is 2.42. The van der Waals surface area contributed by atoms with E-state index in [2.05, 4.69) is 20.8 Å². The van der Waals surface area contributed by atoms with Crippen molar-refractivity contribution >= 4 is 5.78 Å². The number of carbonyl (C=O) groups is 1. The number of unbranched alkanes of at least 4 members (excludes halogenated alkanes) is 1. The first-order valence-electron chi connectivity index (χ1n) is 5.22. The van der Waals surface area contributed by atoms with Crippen LogP contribution >= 0.6 is 0 Å². The van der Waals surface area contributed by atoms with Crippen molar-refractivity contribution in [2.24, 2.45) is 5.92 Å². The molecule has 0 aliphatic heterocycles. The number of Topliss-reactive ketones (excluding diaryl/α,β-unsaturated/α-hetero) is 1. The molecule has 0 unspecified atom stereocenters. The minimum Gasteiger partial charge on any atom is -0.300 e. The Labute approximate surface area is 76.6 Å². The summed E-state index contributed by atoms with van der Waals surface area (Å²) in [5.41, 5.74) is 0. The molecule has 0 aromatic heterocycles. The summed E-state index contributed by atoms with van der Waals surface area (Å²) in [6.07, 6.45) is 6.08. The maximum absolute atomic E-state index is 11.2. The fourth-order valence-corrected chi connectivity index (χ4v) is 1.11. The van der Waals surface area contributed by atoms with Gasteiger partial charge in [0.25, 0.3) is 0 Å². The van der Waals surface area contributed by atoms with E-state index in [-0.39, 0.29) is 0 Å². The SMILES string of the molecule is CCCCC(=O)CC[C@H](C)CC. The Morgan fingerprint density at radius 2 is 1.92 bits per heavy atom. The molecule has 0 aromatic carbocycles. The van der Waals surface area contributed by atoms with Crippen LogP contribution in [-0.2, 0) is 4.79 Å². The smallest absolute Gasteiger partial charge is 0.132 e. The van der Waals surface area contributed by atoms with Crippen LogP contribution in [-0.4, -0.2) is 5.78 Å². The molecule has 0 saturated carbocycles. The average Bonchev–Trinajstić information content (AvgIpc) is 2.10. The number of ketones is 1. The van der Waals surface area contributed by atoms with Crippen LogP contribution in [0.4, 0.5) is 0 Å². The summed E-state index contributed by atoms with van der Waals surface area (Å²) in [7, 11) is 0. The molecule has 0 rings (SSSR count).